The maximum absolute atomic E-state index is 6.58. The van der Waals surface area contributed by atoms with E-state index < -0.39 is 0 Å². The Balaban J connectivity index is 2.27. The molecule has 1 nitrogen and oxygen atoms in total. The fraction of sp³-hybridized carbons (Fsp3) is 0.316. The van der Waals surface area contributed by atoms with Gasteiger partial charge in [0, 0.05) is 4.90 Å². The van der Waals surface area contributed by atoms with Crippen molar-refractivity contribution >= 4 is 34.2 Å². The molecule has 2 aromatic rings. The van der Waals surface area contributed by atoms with Crippen molar-refractivity contribution in [3.05, 3.63) is 60.2 Å². The highest BCUT2D eigenvalue weighted by Gasteiger charge is 2.29. The Morgan fingerprint density at radius 1 is 1.00 bits per heavy atom. The summed E-state index contributed by atoms with van der Waals surface area (Å²) < 4.78 is 0. The molecule has 2 aromatic carbocycles. The smallest absolute Gasteiger partial charge is 0.120 e. The highest BCUT2D eigenvalue weighted by Crippen LogP contribution is 2.38. The molecule has 0 saturated carbocycles. The van der Waals surface area contributed by atoms with Crippen LogP contribution in [-0.4, -0.2) is 10.4 Å². The molecule has 3 heteroatoms. The second-order valence-electron chi connectivity index (χ2n) is 6.45. The van der Waals surface area contributed by atoms with Crippen molar-refractivity contribution in [2.45, 2.75) is 37.8 Å². The Morgan fingerprint density at radius 3 is 2.14 bits per heavy atom. The number of thioether (sulfide) groups is 1. The maximum atomic E-state index is 6.58. The van der Waals surface area contributed by atoms with Crippen LogP contribution < -0.4 is 0 Å². The van der Waals surface area contributed by atoms with Gasteiger partial charge in [0.25, 0.3) is 0 Å². The molecule has 0 saturated heterocycles. The van der Waals surface area contributed by atoms with Crippen molar-refractivity contribution < 1.29 is 0 Å². The number of aliphatic imine (C=N–C) groups is 1. The van der Waals surface area contributed by atoms with Gasteiger partial charge < -0.3 is 0 Å². The lowest BCUT2D eigenvalue weighted by atomic mass is 9.92. The molecule has 0 N–H and O–H groups in total. The summed E-state index contributed by atoms with van der Waals surface area (Å²) in [7, 11) is 0. The molecule has 0 heterocycles. The zero-order valence-corrected chi connectivity index (χ0v) is 15.1. The lowest BCUT2D eigenvalue weighted by Gasteiger charge is -2.29. The lowest BCUT2D eigenvalue weighted by molar-refractivity contribution is 0.447. The van der Waals surface area contributed by atoms with Crippen LogP contribution in [0.15, 0.2) is 64.5 Å². The van der Waals surface area contributed by atoms with Crippen LogP contribution in [-0.2, 0) is 0 Å². The standard InChI is InChI=1S/C19H22ClNS/c1-14-10-12-15(13-11-14)21-18(20)17(19(2,3)4)22-16-8-6-5-7-9-16/h5-13,17H,1-4H3. The van der Waals surface area contributed by atoms with E-state index in [1.165, 1.54) is 10.5 Å². The molecule has 22 heavy (non-hydrogen) atoms. The van der Waals surface area contributed by atoms with E-state index in [0.29, 0.717) is 5.17 Å². The summed E-state index contributed by atoms with van der Waals surface area (Å²) in [4.78, 5) is 5.83. The summed E-state index contributed by atoms with van der Waals surface area (Å²) in [5.74, 6) is 0. The number of halogens is 1. The molecule has 2 rings (SSSR count). The molecule has 1 atom stereocenters. The van der Waals surface area contributed by atoms with E-state index in [-0.39, 0.29) is 10.7 Å². The third-order valence-corrected chi connectivity index (χ3v) is 5.41. The van der Waals surface area contributed by atoms with E-state index >= 15 is 0 Å². The van der Waals surface area contributed by atoms with Crippen LogP contribution in [0.4, 0.5) is 5.69 Å². The number of hydrogen-bond acceptors (Lipinski definition) is 2. The Bertz CT molecular complexity index is 627. The second-order valence-corrected chi connectivity index (χ2v) is 8.01. The van der Waals surface area contributed by atoms with Crippen LogP contribution >= 0.6 is 23.4 Å². The first-order valence-corrected chi connectivity index (χ1v) is 8.64. The van der Waals surface area contributed by atoms with Crippen molar-refractivity contribution in [3.63, 3.8) is 0 Å². The first kappa shape index (κ1) is 17.1. The molecule has 0 amide bonds. The van der Waals surface area contributed by atoms with Crippen molar-refractivity contribution in [2.24, 2.45) is 10.4 Å². The highest BCUT2D eigenvalue weighted by atomic mass is 35.5. The van der Waals surface area contributed by atoms with Gasteiger partial charge in [0.2, 0.25) is 0 Å². The minimum atomic E-state index is 0.0196. The summed E-state index contributed by atoms with van der Waals surface area (Å²) >= 11 is 8.35. The summed E-state index contributed by atoms with van der Waals surface area (Å²) in [5.41, 5.74) is 2.14. The van der Waals surface area contributed by atoms with Crippen molar-refractivity contribution in [3.8, 4) is 0 Å². The average molecular weight is 332 g/mol. The van der Waals surface area contributed by atoms with Gasteiger partial charge in [0.05, 0.1) is 10.9 Å². The second kappa shape index (κ2) is 7.34. The van der Waals surface area contributed by atoms with Crippen LogP contribution in [0.5, 0.6) is 0 Å². The van der Waals surface area contributed by atoms with E-state index in [0.717, 1.165) is 5.69 Å². The summed E-state index contributed by atoms with van der Waals surface area (Å²) in [6.45, 7) is 8.65. The van der Waals surface area contributed by atoms with E-state index in [4.69, 9.17) is 11.6 Å². The number of nitrogens with zero attached hydrogens (tertiary/aromatic N) is 1. The normalized spacial score (nSPS) is 14.0. The van der Waals surface area contributed by atoms with E-state index in [9.17, 15) is 0 Å². The first-order chi connectivity index (χ1) is 10.4. The molecule has 0 aliphatic rings. The minimum absolute atomic E-state index is 0.0196. The van der Waals surface area contributed by atoms with Crippen LogP contribution in [0.25, 0.3) is 0 Å². The molecule has 0 aliphatic carbocycles. The van der Waals surface area contributed by atoms with Gasteiger partial charge in [-0.2, -0.15) is 0 Å². The SMILES string of the molecule is Cc1ccc(N=C(Cl)C(Sc2ccccc2)C(C)(C)C)cc1. The molecular formula is C19H22ClNS. The van der Waals surface area contributed by atoms with Gasteiger partial charge in [-0.25, -0.2) is 4.99 Å². The maximum Gasteiger partial charge on any atom is 0.120 e. The van der Waals surface area contributed by atoms with E-state index in [2.05, 4.69) is 57.0 Å². The topological polar surface area (TPSA) is 12.4 Å². The molecule has 0 aliphatic heterocycles. The summed E-state index contributed by atoms with van der Waals surface area (Å²) in [6, 6.07) is 18.5. The fourth-order valence-corrected chi connectivity index (χ4v) is 3.67. The van der Waals surface area contributed by atoms with Crippen molar-refractivity contribution in [1.82, 2.24) is 0 Å². The molecule has 1 unspecified atom stereocenters. The highest BCUT2D eigenvalue weighted by molar-refractivity contribution is 8.00. The number of rotatable bonds is 4. The molecule has 0 aromatic heterocycles. The molecule has 116 valence electrons. The average Bonchev–Trinajstić information content (AvgIpc) is 2.47. The minimum Gasteiger partial charge on any atom is -0.240 e. The third kappa shape index (κ3) is 4.89. The summed E-state index contributed by atoms with van der Waals surface area (Å²) in [6.07, 6.45) is 0. The third-order valence-electron chi connectivity index (χ3n) is 3.27. The van der Waals surface area contributed by atoms with Gasteiger partial charge in [-0.1, -0.05) is 68.3 Å². The van der Waals surface area contributed by atoms with Gasteiger partial charge in [0.1, 0.15) is 5.17 Å². The Kier molecular flexibility index (Phi) is 5.71. The van der Waals surface area contributed by atoms with E-state index in [1.54, 1.807) is 11.8 Å². The first-order valence-electron chi connectivity index (χ1n) is 7.39. The molecule has 0 spiro atoms. The number of benzene rings is 2. The predicted molar refractivity (Wildman–Crippen MR) is 99.7 cm³/mol. The van der Waals surface area contributed by atoms with Gasteiger partial charge in [-0.05, 0) is 36.6 Å². The fourth-order valence-electron chi connectivity index (χ4n) is 2.02. The zero-order chi connectivity index (χ0) is 16.2. The van der Waals surface area contributed by atoms with E-state index in [1.807, 2.05) is 30.3 Å². The predicted octanol–water partition coefficient (Wildman–Crippen LogP) is 6.47. The Labute approximate surface area is 142 Å². The Morgan fingerprint density at radius 2 is 1.59 bits per heavy atom. The monoisotopic (exact) mass is 331 g/mol. The molecule has 0 bridgehead atoms. The zero-order valence-electron chi connectivity index (χ0n) is 13.5. The quantitative estimate of drug-likeness (QED) is 0.462. The van der Waals surface area contributed by atoms with Gasteiger partial charge in [-0.15, -0.1) is 11.8 Å². The van der Waals surface area contributed by atoms with Crippen LogP contribution in [0.1, 0.15) is 26.3 Å². The Hall–Kier alpha value is -1.25. The van der Waals surface area contributed by atoms with Crippen LogP contribution in [0.2, 0.25) is 0 Å². The van der Waals surface area contributed by atoms with Gasteiger partial charge in [0.15, 0.2) is 0 Å². The molecule has 0 radical (unpaired) electrons. The largest absolute Gasteiger partial charge is 0.240 e. The van der Waals surface area contributed by atoms with Crippen LogP contribution in [0, 0.1) is 12.3 Å². The van der Waals surface area contributed by atoms with Crippen molar-refractivity contribution in [2.75, 3.05) is 0 Å². The van der Waals surface area contributed by atoms with Crippen molar-refractivity contribution in [1.29, 1.82) is 0 Å². The number of hydrogen-bond donors (Lipinski definition) is 0. The molecular weight excluding hydrogens is 310 g/mol. The summed E-state index contributed by atoms with van der Waals surface area (Å²) in [5, 5.41) is 0.753. The number of aryl methyl sites for hydroxylation is 1. The van der Waals surface area contributed by atoms with Gasteiger partial charge >= 0.3 is 0 Å². The van der Waals surface area contributed by atoms with Crippen LogP contribution in [0.3, 0.4) is 0 Å². The van der Waals surface area contributed by atoms with Gasteiger partial charge in [-0.3, -0.25) is 0 Å². The lowest BCUT2D eigenvalue weighted by Crippen LogP contribution is -2.28. The molecule has 0 fully saturated rings.